The minimum Gasteiger partial charge on any atom is -0.496 e. The molecule has 0 heterocycles. The smallest absolute Gasteiger partial charge is 0.170 e. The number of nitrogens with one attached hydrogen (secondary N) is 2. The molecule has 7 heteroatoms. The van der Waals surface area contributed by atoms with Crippen LogP contribution in [0.3, 0.4) is 0 Å². The molecule has 0 fully saturated rings. The molecule has 0 aliphatic rings. The van der Waals surface area contributed by atoms with Crippen LogP contribution in [0.25, 0.3) is 0 Å². The van der Waals surface area contributed by atoms with Crippen LogP contribution < -0.4 is 15.4 Å². The maximum atomic E-state index is 6.16. The molecule has 0 aromatic heterocycles. The van der Waals surface area contributed by atoms with E-state index in [0.717, 1.165) is 11.3 Å². The summed E-state index contributed by atoms with van der Waals surface area (Å²) >= 11 is 17.5. The molecule has 0 saturated heterocycles. The molecule has 0 bridgehead atoms. The number of rotatable bonds is 6. The number of hydrogen-bond acceptors (Lipinski definition) is 3. The number of thiocarbonyl (C=S) groups is 1. The molecule has 2 aromatic rings. The minimum absolute atomic E-state index is 0.0941. The third kappa shape index (κ3) is 5.47. The van der Waals surface area contributed by atoms with E-state index in [4.69, 9.17) is 40.2 Å². The van der Waals surface area contributed by atoms with E-state index in [0.29, 0.717) is 27.4 Å². The Bertz CT molecular complexity index is 740. The molecular weight excluding hydrogens is 377 g/mol. The van der Waals surface area contributed by atoms with Gasteiger partial charge in [-0.3, -0.25) is 0 Å². The van der Waals surface area contributed by atoms with Crippen molar-refractivity contribution in [3.63, 3.8) is 0 Å². The Balaban J connectivity index is 2.04. The molecule has 2 rings (SSSR count). The van der Waals surface area contributed by atoms with E-state index in [-0.39, 0.29) is 6.04 Å². The third-order valence-electron chi connectivity index (χ3n) is 3.76. The van der Waals surface area contributed by atoms with Crippen molar-refractivity contribution in [3.05, 3.63) is 58.1 Å². The van der Waals surface area contributed by atoms with Crippen LogP contribution in [-0.2, 0) is 0 Å². The van der Waals surface area contributed by atoms with Gasteiger partial charge in [0.15, 0.2) is 5.11 Å². The van der Waals surface area contributed by atoms with Crippen molar-refractivity contribution in [3.8, 4) is 5.75 Å². The van der Waals surface area contributed by atoms with Crippen LogP contribution in [0.4, 0.5) is 5.69 Å². The summed E-state index contributed by atoms with van der Waals surface area (Å²) in [6.07, 6.45) is 0. The summed E-state index contributed by atoms with van der Waals surface area (Å²) in [5, 5.41) is 7.92. The highest BCUT2D eigenvalue weighted by Gasteiger charge is 2.18. The summed E-state index contributed by atoms with van der Waals surface area (Å²) in [5.41, 5.74) is 1.80. The fourth-order valence-electron chi connectivity index (χ4n) is 2.46. The van der Waals surface area contributed by atoms with Crippen LogP contribution >= 0.6 is 35.4 Å². The average Bonchev–Trinajstić information content (AvgIpc) is 2.57. The fourth-order valence-corrected chi connectivity index (χ4v) is 3.11. The van der Waals surface area contributed by atoms with Gasteiger partial charge >= 0.3 is 0 Å². The zero-order chi connectivity index (χ0) is 18.4. The normalized spacial score (nSPS) is 11.9. The molecular formula is C18H21Cl2N3OS. The quantitative estimate of drug-likeness (QED) is 0.696. The molecule has 134 valence electrons. The van der Waals surface area contributed by atoms with Gasteiger partial charge < -0.3 is 20.3 Å². The first-order valence-corrected chi connectivity index (χ1v) is 8.88. The first kappa shape index (κ1) is 19.8. The molecule has 0 radical (unpaired) electrons. The van der Waals surface area contributed by atoms with Gasteiger partial charge in [-0.2, -0.15) is 0 Å². The summed E-state index contributed by atoms with van der Waals surface area (Å²) in [5.74, 6) is 0.850. The maximum absolute atomic E-state index is 6.16. The Morgan fingerprint density at radius 1 is 1.20 bits per heavy atom. The van der Waals surface area contributed by atoms with Gasteiger partial charge in [-0.25, -0.2) is 0 Å². The van der Waals surface area contributed by atoms with Gasteiger partial charge in [0, 0.05) is 17.1 Å². The molecule has 0 aliphatic carbocycles. The number of nitrogens with zero attached hydrogens (tertiary/aromatic N) is 1. The van der Waals surface area contributed by atoms with E-state index in [9.17, 15) is 0 Å². The topological polar surface area (TPSA) is 36.5 Å². The lowest BCUT2D eigenvalue weighted by molar-refractivity contribution is 0.288. The van der Waals surface area contributed by atoms with E-state index in [1.807, 2.05) is 32.3 Å². The molecule has 0 amide bonds. The van der Waals surface area contributed by atoms with Crippen molar-refractivity contribution in [1.82, 2.24) is 10.2 Å². The zero-order valence-electron chi connectivity index (χ0n) is 14.3. The Labute approximate surface area is 164 Å². The molecule has 0 saturated carbocycles. The van der Waals surface area contributed by atoms with Crippen molar-refractivity contribution in [2.24, 2.45) is 0 Å². The van der Waals surface area contributed by atoms with E-state index in [2.05, 4.69) is 21.6 Å². The standard InChI is InChI=1S/C18H21Cl2N3OS/c1-23(2)16(13-6-4-5-7-17(13)24-3)11-21-18(25)22-15-9-8-12(19)10-14(15)20/h4-10,16H,11H2,1-3H3,(H2,21,22,25). The second-order valence-electron chi connectivity index (χ2n) is 5.68. The van der Waals surface area contributed by atoms with Gasteiger partial charge in [-0.05, 0) is 50.6 Å². The molecule has 2 aromatic carbocycles. The third-order valence-corrected chi connectivity index (χ3v) is 4.55. The highest BCUT2D eigenvalue weighted by atomic mass is 35.5. The van der Waals surface area contributed by atoms with Gasteiger partial charge in [0.05, 0.1) is 23.9 Å². The second-order valence-corrected chi connectivity index (χ2v) is 6.93. The van der Waals surface area contributed by atoms with Gasteiger partial charge in [0.2, 0.25) is 0 Å². The van der Waals surface area contributed by atoms with E-state index >= 15 is 0 Å². The van der Waals surface area contributed by atoms with Crippen LogP contribution in [0.1, 0.15) is 11.6 Å². The Kier molecular flexibility index (Phi) is 7.32. The molecule has 0 spiro atoms. The summed E-state index contributed by atoms with van der Waals surface area (Å²) in [4.78, 5) is 2.11. The molecule has 4 nitrogen and oxygen atoms in total. The summed E-state index contributed by atoms with van der Waals surface area (Å²) in [7, 11) is 5.71. The molecule has 2 N–H and O–H groups in total. The van der Waals surface area contributed by atoms with E-state index < -0.39 is 0 Å². The highest BCUT2D eigenvalue weighted by molar-refractivity contribution is 7.80. The minimum atomic E-state index is 0.0941. The Morgan fingerprint density at radius 3 is 2.56 bits per heavy atom. The lowest BCUT2D eigenvalue weighted by Crippen LogP contribution is -2.36. The van der Waals surface area contributed by atoms with Gasteiger partial charge in [-0.1, -0.05) is 41.4 Å². The maximum Gasteiger partial charge on any atom is 0.170 e. The predicted octanol–water partition coefficient (Wildman–Crippen LogP) is 4.59. The predicted molar refractivity (Wildman–Crippen MR) is 110 cm³/mol. The van der Waals surface area contributed by atoms with Gasteiger partial charge in [-0.15, -0.1) is 0 Å². The van der Waals surface area contributed by atoms with Crippen LogP contribution in [0.15, 0.2) is 42.5 Å². The average molecular weight is 398 g/mol. The molecule has 1 atom stereocenters. The monoisotopic (exact) mass is 397 g/mol. The fraction of sp³-hybridized carbons (Fsp3) is 0.278. The van der Waals surface area contributed by atoms with E-state index in [1.165, 1.54) is 0 Å². The summed E-state index contributed by atoms with van der Waals surface area (Å²) in [6.45, 7) is 0.615. The molecule has 25 heavy (non-hydrogen) atoms. The summed E-state index contributed by atoms with van der Waals surface area (Å²) in [6, 6.07) is 13.3. The van der Waals surface area contributed by atoms with Crippen LogP contribution in [0, 0.1) is 0 Å². The van der Waals surface area contributed by atoms with Gasteiger partial charge in [0.1, 0.15) is 5.75 Å². The number of para-hydroxylation sites is 1. The Morgan fingerprint density at radius 2 is 1.92 bits per heavy atom. The lowest BCUT2D eigenvalue weighted by atomic mass is 10.0. The van der Waals surface area contributed by atoms with Crippen LogP contribution in [0.2, 0.25) is 10.0 Å². The first-order valence-electron chi connectivity index (χ1n) is 7.71. The SMILES string of the molecule is COc1ccccc1C(CNC(=S)Nc1ccc(Cl)cc1Cl)N(C)C. The second kappa shape index (κ2) is 9.25. The number of ether oxygens (including phenoxy) is 1. The number of halogens is 2. The largest absolute Gasteiger partial charge is 0.496 e. The number of hydrogen-bond donors (Lipinski definition) is 2. The number of benzene rings is 2. The highest BCUT2D eigenvalue weighted by Crippen LogP contribution is 2.28. The molecule has 0 aliphatic heterocycles. The van der Waals surface area contributed by atoms with Crippen LogP contribution in [0.5, 0.6) is 5.75 Å². The number of methoxy groups -OCH3 is 1. The van der Waals surface area contributed by atoms with Crippen molar-refractivity contribution < 1.29 is 4.74 Å². The molecule has 1 unspecified atom stereocenters. The zero-order valence-corrected chi connectivity index (χ0v) is 16.7. The van der Waals surface area contributed by atoms with Gasteiger partial charge in [0.25, 0.3) is 0 Å². The van der Waals surface area contributed by atoms with Crippen molar-refractivity contribution in [1.29, 1.82) is 0 Å². The van der Waals surface area contributed by atoms with Crippen LogP contribution in [-0.4, -0.2) is 37.8 Å². The van der Waals surface area contributed by atoms with Crippen molar-refractivity contribution in [2.75, 3.05) is 33.1 Å². The lowest BCUT2D eigenvalue weighted by Gasteiger charge is -2.27. The number of likely N-dealkylation sites (N-methyl/N-ethyl adjacent to an activating group) is 1. The Hall–Kier alpha value is -1.53. The summed E-state index contributed by atoms with van der Waals surface area (Å²) < 4.78 is 5.47. The van der Waals surface area contributed by atoms with Crippen molar-refractivity contribution >= 4 is 46.2 Å². The van der Waals surface area contributed by atoms with Crippen molar-refractivity contribution in [2.45, 2.75) is 6.04 Å². The number of anilines is 1. The first-order chi connectivity index (χ1) is 11.9. The van der Waals surface area contributed by atoms with E-state index in [1.54, 1.807) is 25.3 Å².